The Morgan fingerprint density at radius 1 is 0.343 bits per heavy atom. The Bertz CT molecular complexity index is 2150. The highest BCUT2D eigenvalue weighted by molar-refractivity contribution is 6.03. The highest BCUT2D eigenvalue weighted by Crippen LogP contribution is 2.65. The predicted molar refractivity (Wildman–Crippen MR) is 131 cm³/mol. The van der Waals surface area contributed by atoms with Crippen LogP contribution in [0.3, 0.4) is 0 Å². The Kier molecular flexibility index (Phi) is 14.6. The molecule has 67 heavy (non-hydrogen) atoms. The summed E-state index contributed by atoms with van der Waals surface area (Å²) in [6.45, 7) is 0. The Balaban J connectivity index is 4.36. The lowest BCUT2D eigenvalue weighted by molar-refractivity contribution is -0.451. The van der Waals surface area contributed by atoms with Crippen LogP contribution in [-0.4, -0.2) is 106 Å². The fraction of sp³-hybridized carbons (Fsp3) is 0.538. The molecule has 0 aliphatic heterocycles. The first-order valence-electron chi connectivity index (χ1n) is 14.3. The maximum atomic E-state index is 15.0. The number of rotatable bonds is 17. The van der Waals surface area contributed by atoms with Crippen molar-refractivity contribution in [2.75, 3.05) is 0 Å². The van der Waals surface area contributed by atoms with Crippen molar-refractivity contribution in [3.63, 3.8) is 0 Å². The van der Waals surface area contributed by atoms with Gasteiger partial charge in [0.2, 0.25) is 17.4 Å². The molecule has 2 N–H and O–H groups in total. The normalized spacial score (nSPS) is 16.2. The number of benzene rings is 1. The van der Waals surface area contributed by atoms with Gasteiger partial charge in [0.1, 0.15) is 11.1 Å². The van der Waals surface area contributed by atoms with Crippen LogP contribution in [0.2, 0.25) is 0 Å². The van der Waals surface area contributed by atoms with E-state index in [2.05, 4.69) is 4.74 Å². The van der Waals surface area contributed by atoms with Crippen molar-refractivity contribution in [1.29, 1.82) is 0 Å². The monoisotopic (exact) mass is 1080 g/mol. The molecule has 0 amide bonds. The summed E-state index contributed by atoms with van der Waals surface area (Å²) in [5.41, 5.74) is -11.9. The van der Waals surface area contributed by atoms with Crippen LogP contribution in [0.4, 0.5) is 158 Å². The molecule has 388 valence electrons. The topological polar surface area (TPSA) is 83.8 Å². The van der Waals surface area contributed by atoms with Gasteiger partial charge >= 0.3 is 101 Å². The molecular weight excluding hydrogens is 1080 g/mol. The number of aromatic carboxylic acids is 2. The van der Waals surface area contributed by atoms with E-state index in [4.69, 9.17) is 10.2 Å². The summed E-state index contributed by atoms with van der Waals surface area (Å²) < 4.78 is 493. The minimum absolute atomic E-state index is 2.55. The quantitative estimate of drug-likeness (QED) is 0.120. The summed E-state index contributed by atoms with van der Waals surface area (Å²) in [4.78, 5) is 23.0. The fourth-order valence-corrected chi connectivity index (χ4v) is 4.09. The van der Waals surface area contributed by atoms with Gasteiger partial charge in [0, 0.05) is 5.56 Å². The van der Waals surface area contributed by atoms with Crippen molar-refractivity contribution in [3.8, 4) is 5.75 Å². The van der Waals surface area contributed by atoms with Crippen LogP contribution in [0, 0.1) is 11.6 Å². The number of ether oxygens (including phenoxy) is 1. The standard InChI is InChI=1S/C26H2F36O5/c27-4-2(11(63)64)1(6(29)8(30)13(33,34)15(37,38)17(41,42)19(45,46)21(49,50)23(53,54)25(57,58)59)3(12(65)66)5(28)7(4)67-10(32)9(31)14(35,36)16(39,40)18(43,44)20(47,48)22(51,52)24(55,56)26(60,61)62/h(H,63,64)(H,65,66). The molecule has 0 bridgehead atoms. The molecule has 1 rings (SSSR count). The largest absolute Gasteiger partial charge is 0.478 e. The van der Waals surface area contributed by atoms with Gasteiger partial charge in [0.25, 0.3) is 0 Å². The van der Waals surface area contributed by atoms with Gasteiger partial charge in [0.15, 0.2) is 17.5 Å². The Labute approximate surface area is 336 Å². The smallest absolute Gasteiger partial charge is 0.460 e. The second kappa shape index (κ2) is 16.3. The fourth-order valence-electron chi connectivity index (χ4n) is 4.09. The maximum Gasteiger partial charge on any atom is 0.460 e. The average molecular weight is 1080 g/mol. The lowest BCUT2D eigenvalue weighted by Crippen LogP contribution is -2.72. The number of halogens is 36. The number of alkyl halides is 30. The molecule has 0 spiro atoms. The summed E-state index contributed by atoms with van der Waals surface area (Å²) in [6, 6.07) is -5.06. The minimum Gasteiger partial charge on any atom is -0.478 e. The first-order chi connectivity index (χ1) is 28.8. The van der Waals surface area contributed by atoms with Gasteiger partial charge in [0.05, 0.1) is 0 Å². The summed E-state index contributed by atoms with van der Waals surface area (Å²) in [7, 11) is 0. The molecule has 0 saturated carbocycles. The van der Waals surface area contributed by atoms with E-state index in [9.17, 15) is 159 Å². The molecule has 41 heteroatoms. The maximum absolute atomic E-state index is 15.0. The molecule has 0 atom stereocenters. The van der Waals surface area contributed by atoms with Crippen LogP contribution in [0.25, 0.3) is 5.83 Å². The zero-order chi connectivity index (χ0) is 54.6. The van der Waals surface area contributed by atoms with E-state index in [1.54, 1.807) is 0 Å². The van der Waals surface area contributed by atoms with E-state index in [-0.39, 0.29) is 0 Å². The van der Waals surface area contributed by atoms with Crippen molar-refractivity contribution in [3.05, 3.63) is 46.0 Å². The summed E-state index contributed by atoms with van der Waals surface area (Å²) >= 11 is 0. The number of hydrogen-bond donors (Lipinski definition) is 2. The lowest BCUT2D eigenvalue weighted by Gasteiger charge is -2.41. The summed E-state index contributed by atoms with van der Waals surface area (Å²) in [5.74, 6) is -145. The lowest BCUT2D eigenvalue weighted by atomic mass is 9.89. The molecule has 0 radical (unpaired) electrons. The molecule has 1 aromatic carbocycles. The van der Waals surface area contributed by atoms with Crippen LogP contribution in [-0.2, 0) is 0 Å². The Morgan fingerprint density at radius 2 is 0.567 bits per heavy atom. The molecule has 0 unspecified atom stereocenters. The SMILES string of the molecule is O=C(O)c1c(F)c(OC(F)=C(F)C(F)(F)C(F)(F)C(F)(F)C(F)(F)C(F)(F)C(F)(F)C(F)(F)F)c(F)c(C(=O)O)c1C(F)=C(F)C(F)(F)C(F)(F)C(F)(F)C(F)(F)C(F)(F)C(F)(F)C(F)(F)F. The Morgan fingerprint density at radius 3 is 0.806 bits per heavy atom. The first-order valence-corrected chi connectivity index (χ1v) is 14.3. The van der Waals surface area contributed by atoms with E-state index < -0.39 is 153 Å². The molecule has 0 saturated heterocycles. The number of allylic oxidation sites excluding steroid dienone is 2. The van der Waals surface area contributed by atoms with E-state index in [1.807, 2.05) is 0 Å². The molecule has 0 heterocycles. The number of hydrogen-bond acceptors (Lipinski definition) is 3. The molecular formula is C26H2F36O5. The summed E-state index contributed by atoms with van der Waals surface area (Å²) in [5, 5.41) is 18.0. The van der Waals surface area contributed by atoms with Gasteiger partial charge < -0.3 is 14.9 Å². The number of carbonyl (C=O) groups is 2. The molecule has 0 aromatic heterocycles. The van der Waals surface area contributed by atoms with Gasteiger partial charge in [-0.2, -0.15) is 140 Å². The van der Waals surface area contributed by atoms with E-state index in [0.717, 1.165) is 0 Å². The highest BCUT2D eigenvalue weighted by atomic mass is 19.4. The van der Waals surface area contributed by atoms with Gasteiger partial charge in [-0.05, 0) is 0 Å². The van der Waals surface area contributed by atoms with Gasteiger partial charge in [-0.1, -0.05) is 0 Å². The van der Waals surface area contributed by atoms with Crippen LogP contribution in [0.15, 0.2) is 17.7 Å². The van der Waals surface area contributed by atoms with Crippen LogP contribution in [0.5, 0.6) is 5.75 Å². The van der Waals surface area contributed by atoms with Crippen LogP contribution >= 0.6 is 0 Å². The minimum atomic E-state index is -9.37. The molecule has 5 nitrogen and oxygen atoms in total. The summed E-state index contributed by atoms with van der Waals surface area (Å²) in [6.07, 6.45) is -16.5. The average Bonchev–Trinajstić information content (AvgIpc) is 3.12. The molecule has 0 aliphatic carbocycles. The van der Waals surface area contributed by atoms with E-state index in [0.29, 0.717) is 0 Å². The zero-order valence-corrected chi connectivity index (χ0v) is 28.7. The van der Waals surface area contributed by atoms with Crippen LogP contribution < -0.4 is 4.74 Å². The van der Waals surface area contributed by atoms with Crippen LogP contribution in [0.1, 0.15) is 26.3 Å². The second-order valence-corrected chi connectivity index (χ2v) is 11.9. The van der Waals surface area contributed by atoms with Crippen molar-refractivity contribution in [1.82, 2.24) is 0 Å². The van der Waals surface area contributed by atoms with Crippen molar-refractivity contribution in [2.45, 2.75) is 83.4 Å². The van der Waals surface area contributed by atoms with E-state index in [1.165, 1.54) is 0 Å². The predicted octanol–water partition coefficient (Wildman–Crippen LogP) is 13.2. The first kappa shape index (κ1) is 59.9. The Hall–Kier alpha value is -5.08. The van der Waals surface area contributed by atoms with Crippen molar-refractivity contribution in [2.24, 2.45) is 0 Å². The zero-order valence-electron chi connectivity index (χ0n) is 28.7. The van der Waals surface area contributed by atoms with Gasteiger partial charge in [-0.3, -0.25) is 0 Å². The third kappa shape index (κ3) is 7.97. The third-order valence-corrected chi connectivity index (χ3v) is 7.75. The van der Waals surface area contributed by atoms with Gasteiger partial charge in [-0.25, -0.2) is 27.2 Å². The van der Waals surface area contributed by atoms with Crippen molar-refractivity contribution < 1.29 is 183 Å². The highest BCUT2D eigenvalue weighted by Gasteiger charge is 2.95. The molecule has 0 aliphatic rings. The van der Waals surface area contributed by atoms with Gasteiger partial charge in [-0.15, -0.1) is 0 Å². The molecule has 1 aromatic rings. The third-order valence-electron chi connectivity index (χ3n) is 7.75. The number of carboxylic acids is 2. The molecule has 0 fully saturated rings. The number of carboxylic acid groups (broad SMARTS) is 2. The second-order valence-electron chi connectivity index (χ2n) is 11.9. The van der Waals surface area contributed by atoms with Crippen molar-refractivity contribution >= 4 is 17.8 Å². The van der Waals surface area contributed by atoms with E-state index >= 15 is 8.78 Å².